The van der Waals surface area contributed by atoms with Gasteiger partial charge in [-0.05, 0) is 37.8 Å². The Morgan fingerprint density at radius 2 is 2.05 bits per heavy atom. The van der Waals surface area contributed by atoms with Crippen LogP contribution >= 0.6 is 0 Å². The zero-order valence-corrected chi connectivity index (χ0v) is 12.5. The lowest BCUT2D eigenvalue weighted by Gasteiger charge is -2.32. The van der Waals surface area contributed by atoms with Gasteiger partial charge in [0.2, 0.25) is 10.0 Å². The van der Waals surface area contributed by atoms with Gasteiger partial charge in [0.15, 0.2) is 0 Å². The predicted octanol–water partition coefficient (Wildman–Crippen LogP) is 1.48. The van der Waals surface area contributed by atoms with Crippen molar-refractivity contribution in [1.82, 2.24) is 4.31 Å². The molecule has 1 saturated heterocycles. The third kappa shape index (κ3) is 3.07. The van der Waals surface area contributed by atoms with E-state index in [0.717, 1.165) is 6.07 Å². The van der Waals surface area contributed by atoms with Crippen molar-refractivity contribution >= 4 is 10.0 Å². The lowest BCUT2D eigenvalue weighted by Crippen LogP contribution is -2.40. The highest BCUT2D eigenvalue weighted by Crippen LogP contribution is 2.27. The summed E-state index contributed by atoms with van der Waals surface area (Å²) in [5.74, 6) is -0.767. The molecule has 5 nitrogen and oxygen atoms in total. The van der Waals surface area contributed by atoms with Gasteiger partial charge in [0.05, 0.1) is 6.10 Å². The maximum Gasteiger partial charge on any atom is 0.244 e. The first kappa shape index (κ1) is 15.9. The number of hydrogen-bond acceptors (Lipinski definition) is 4. The third-order valence-electron chi connectivity index (χ3n) is 3.89. The summed E-state index contributed by atoms with van der Waals surface area (Å²) in [5, 5.41) is 18.5. The summed E-state index contributed by atoms with van der Waals surface area (Å²) in [6.45, 7) is 2.22. The van der Waals surface area contributed by atoms with E-state index < -0.39 is 27.5 Å². The molecule has 1 N–H and O–H groups in total. The highest BCUT2D eigenvalue weighted by atomic mass is 32.2. The van der Waals surface area contributed by atoms with E-state index in [0.29, 0.717) is 12.8 Å². The van der Waals surface area contributed by atoms with Gasteiger partial charge in [-0.1, -0.05) is 6.07 Å². The zero-order valence-electron chi connectivity index (χ0n) is 11.7. The minimum absolute atomic E-state index is 0.0689. The predicted molar refractivity (Wildman–Crippen MR) is 74.3 cm³/mol. The highest BCUT2D eigenvalue weighted by Gasteiger charge is 2.32. The molecule has 0 saturated carbocycles. The Morgan fingerprint density at radius 3 is 2.57 bits per heavy atom. The summed E-state index contributed by atoms with van der Waals surface area (Å²) in [6, 6.07) is 5.21. The molecule has 0 aliphatic carbocycles. The molecule has 1 fully saturated rings. The molecule has 0 bridgehead atoms. The van der Waals surface area contributed by atoms with Crippen LogP contribution in [0.15, 0.2) is 23.1 Å². The van der Waals surface area contributed by atoms with Crippen molar-refractivity contribution in [1.29, 1.82) is 5.26 Å². The summed E-state index contributed by atoms with van der Waals surface area (Å²) in [6.07, 6.45) is 0.626. The molecule has 1 aliphatic heterocycles. The first-order chi connectivity index (χ1) is 9.87. The van der Waals surface area contributed by atoms with Gasteiger partial charge in [-0.25, -0.2) is 12.8 Å². The largest absolute Gasteiger partial charge is 0.393 e. The minimum atomic E-state index is -3.89. The van der Waals surface area contributed by atoms with Crippen LogP contribution in [0.4, 0.5) is 4.39 Å². The lowest BCUT2D eigenvalue weighted by molar-refractivity contribution is 0.0912. The Morgan fingerprint density at radius 1 is 1.43 bits per heavy atom. The van der Waals surface area contributed by atoms with Gasteiger partial charge in [0.1, 0.15) is 22.3 Å². The van der Waals surface area contributed by atoms with Gasteiger partial charge >= 0.3 is 0 Å². The van der Waals surface area contributed by atoms with Gasteiger partial charge in [0, 0.05) is 13.1 Å². The third-order valence-corrected chi connectivity index (χ3v) is 5.83. The number of halogens is 1. The number of piperidine rings is 1. The van der Waals surface area contributed by atoms with Crippen LogP contribution in [0.1, 0.15) is 25.3 Å². The summed E-state index contributed by atoms with van der Waals surface area (Å²) in [7, 11) is -3.89. The average molecular weight is 312 g/mol. The van der Waals surface area contributed by atoms with E-state index in [9.17, 15) is 17.9 Å². The smallest absolute Gasteiger partial charge is 0.244 e. The quantitative estimate of drug-likeness (QED) is 0.916. The van der Waals surface area contributed by atoms with Crippen molar-refractivity contribution < 1.29 is 17.9 Å². The van der Waals surface area contributed by atoms with Crippen molar-refractivity contribution in [2.75, 3.05) is 13.1 Å². The fraction of sp³-hybridized carbons (Fsp3) is 0.500. The molecule has 1 aromatic carbocycles. The molecule has 0 amide bonds. The van der Waals surface area contributed by atoms with E-state index in [1.807, 2.05) is 0 Å². The van der Waals surface area contributed by atoms with E-state index >= 15 is 0 Å². The summed E-state index contributed by atoms with van der Waals surface area (Å²) < 4.78 is 39.9. The van der Waals surface area contributed by atoms with E-state index in [-0.39, 0.29) is 23.9 Å². The molecule has 1 heterocycles. The van der Waals surface area contributed by atoms with Gasteiger partial charge in [-0.2, -0.15) is 9.57 Å². The average Bonchev–Trinajstić information content (AvgIpc) is 2.47. The van der Waals surface area contributed by atoms with Gasteiger partial charge < -0.3 is 5.11 Å². The molecule has 21 heavy (non-hydrogen) atoms. The molecule has 0 radical (unpaired) electrons. The van der Waals surface area contributed by atoms with Crippen LogP contribution in [0, 0.1) is 23.1 Å². The number of aliphatic hydroxyl groups excluding tert-OH is 1. The number of sulfonamides is 1. The second-order valence-corrected chi connectivity index (χ2v) is 7.11. The number of nitriles is 1. The van der Waals surface area contributed by atoms with Crippen LogP contribution in [0.25, 0.3) is 0 Å². The fourth-order valence-corrected chi connectivity index (χ4v) is 4.19. The standard InChI is InChI=1S/C14H17FN2O3S/c1-10(18)11-5-7-17(8-6-11)21(19,20)14-4-2-3-13(15)12(14)9-16/h2-4,10-11,18H,5-8H2,1H3. The molecule has 7 heteroatoms. The van der Waals surface area contributed by atoms with Crippen LogP contribution in [0.3, 0.4) is 0 Å². The first-order valence-corrected chi connectivity index (χ1v) is 8.18. The Hall–Kier alpha value is -1.49. The van der Waals surface area contributed by atoms with Crippen LogP contribution in [0.2, 0.25) is 0 Å². The van der Waals surface area contributed by atoms with Crippen LogP contribution < -0.4 is 0 Å². The topological polar surface area (TPSA) is 81.4 Å². The first-order valence-electron chi connectivity index (χ1n) is 6.74. The Labute approximate surface area is 123 Å². The molecule has 1 atom stereocenters. The maximum atomic E-state index is 13.6. The van der Waals surface area contributed by atoms with E-state index in [1.54, 1.807) is 13.0 Å². The van der Waals surface area contributed by atoms with Crippen LogP contribution in [-0.2, 0) is 10.0 Å². The number of benzene rings is 1. The van der Waals surface area contributed by atoms with Crippen molar-refractivity contribution in [3.63, 3.8) is 0 Å². The molecule has 0 spiro atoms. The summed E-state index contributed by atoms with van der Waals surface area (Å²) in [4.78, 5) is -0.291. The number of rotatable bonds is 3. The molecule has 1 aromatic rings. The highest BCUT2D eigenvalue weighted by molar-refractivity contribution is 7.89. The molecule has 1 unspecified atom stereocenters. The van der Waals surface area contributed by atoms with Gasteiger partial charge in [-0.3, -0.25) is 0 Å². The van der Waals surface area contributed by atoms with Crippen LogP contribution in [0.5, 0.6) is 0 Å². The maximum absolute atomic E-state index is 13.6. The van der Waals surface area contributed by atoms with Crippen molar-refractivity contribution in [3.8, 4) is 6.07 Å². The van der Waals surface area contributed by atoms with Crippen molar-refractivity contribution in [2.45, 2.75) is 30.8 Å². The monoisotopic (exact) mass is 312 g/mol. The normalized spacial score (nSPS) is 19.1. The van der Waals surface area contributed by atoms with Gasteiger partial charge in [0.25, 0.3) is 0 Å². The van der Waals surface area contributed by atoms with E-state index in [1.165, 1.54) is 16.4 Å². The van der Waals surface area contributed by atoms with Crippen molar-refractivity contribution in [3.05, 3.63) is 29.6 Å². The fourth-order valence-electron chi connectivity index (χ4n) is 2.57. The molecule has 0 aromatic heterocycles. The Bertz CT molecular complexity index is 659. The van der Waals surface area contributed by atoms with Crippen molar-refractivity contribution in [2.24, 2.45) is 5.92 Å². The van der Waals surface area contributed by atoms with E-state index in [2.05, 4.69) is 0 Å². The summed E-state index contributed by atoms with van der Waals surface area (Å²) >= 11 is 0. The molecular formula is C14H17FN2O3S. The molecule has 1 aliphatic rings. The van der Waals surface area contributed by atoms with Gasteiger partial charge in [-0.15, -0.1) is 0 Å². The number of hydrogen-bond donors (Lipinski definition) is 1. The Kier molecular flexibility index (Phi) is 4.61. The lowest BCUT2D eigenvalue weighted by atomic mass is 9.93. The summed E-state index contributed by atoms with van der Waals surface area (Å²) in [5.41, 5.74) is -0.449. The second kappa shape index (κ2) is 6.10. The molecular weight excluding hydrogens is 295 g/mol. The minimum Gasteiger partial charge on any atom is -0.393 e. The Balaban J connectivity index is 2.29. The molecule has 2 rings (SSSR count). The number of aliphatic hydroxyl groups is 1. The SMILES string of the molecule is CC(O)C1CCN(S(=O)(=O)c2cccc(F)c2C#N)CC1. The zero-order chi connectivity index (χ0) is 15.6. The van der Waals surface area contributed by atoms with E-state index in [4.69, 9.17) is 5.26 Å². The number of nitrogens with zero attached hydrogens (tertiary/aromatic N) is 2. The second-order valence-electron chi connectivity index (χ2n) is 5.21. The van der Waals surface area contributed by atoms with Crippen LogP contribution in [-0.4, -0.2) is 37.0 Å². The molecule has 114 valence electrons.